The Balaban J connectivity index is 1.70. The molecule has 4 nitrogen and oxygen atoms in total. The lowest BCUT2D eigenvalue weighted by molar-refractivity contribution is 0.458. The molecule has 0 radical (unpaired) electrons. The highest BCUT2D eigenvalue weighted by Gasteiger charge is 2.04. The summed E-state index contributed by atoms with van der Waals surface area (Å²) in [5, 5.41) is 3.45. The van der Waals surface area contributed by atoms with Gasteiger partial charge in [-0.3, -0.25) is 4.98 Å². The second-order valence-electron chi connectivity index (χ2n) is 4.47. The van der Waals surface area contributed by atoms with E-state index in [-0.39, 0.29) is 0 Å². The predicted molar refractivity (Wildman–Crippen MR) is 72.2 cm³/mol. The Morgan fingerprint density at radius 2 is 2.28 bits per heavy atom. The molecule has 0 aromatic carbocycles. The highest BCUT2D eigenvalue weighted by Crippen LogP contribution is 2.04. The fourth-order valence-electron chi connectivity index (χ4n) is 1.83. The molecule has 0 saturated carbocycles. The quantitative estimate of drug-likeness (QED) is 0.817. The Morgan fingerprint density at radius 1 is 1.39 bits per heavy atom. The first-order chi connectivity index (χ1) is 8.74. The number of nitrogens with one attached hydrogen (secondary N) is 1. The lowest BCUT2D eigenvalue weighted by atomic mass is 10.2. The van der Waals surface area contributed by atoms with Gasteiger partial charge in [0, 0.05) is 31.1 Å². The minimum absolute atomic E-state index is 0.393. The Hall–Kier alpha value is -1.81. The molecule has 4 heteroatoms. The molecule has 18 heavy (non-hydrogen) atoms. The minimum Gasteiger partial charge on any atom is -0.469 e. The molecule has 96 valence electrons. The molecule has 1 unspecified atom stereocenters. The van der Waals surface area contributed by atoms with E-state index < -0.39 is 0 Å². The van der Waals surface area contributed by atoms with Crippen LogP contribution in [0.4, 0.5) is 5.69 Å². The van der Waals surface area contributed by atoms with Gasteiger partial charge in [0.05, 0.1) is 18.1 Å². The molecule has 2 aromatic heterocycles. The molecule has 0 fully saturated rings. The van der Waals surface area contributed by atoms with Gasteiger partial charge in [0.15, 0.2) is 0 Å². The molecule has 0 spiro atoms. The molecule has 0 aliphatic carbocycles. The van der Waals surface area contributed by atoms with Gasteiger partial charge in [-0.1, -0.05) is 0 Å². The van der Waals surface area contributed by atoms with Crippen molar-refractivity contribution >= 4 is 5.69 Å². The van der Waals surface area contributed by atoms with Crippen LogP contribution in [0.5, 0.6) is 0 Å². The van der Waals surface area contributed by atoms with Crippen molar-refractivity contribution in [2.45, 2.75) is 25.8 Å². The zero-order valence-corrected chi connectivity index (χ0v) is 10.6. The van der Waals surface area contributed by atoms with Crippen molar-refractivity contribution in [2.24, 2.45) is 0 Å². The molecule has 0 aliphatic heterocycles. The molecule has 0 bridgehead atoms. The number of furan rings is 1. The molecule has 1 atom stereocenters. The zero-order chi connectivity index (χ0) is 12.8. The highest BCUT2D eigenvalue weighted by atomic mass is 16.3. The lowest BCUT2D eigenvalue weighted by Gasteiger charge is -2.12. The van der Waals surface area contributed by atoms with Gasteiger partial charge >= 0.3 is 0 Å². The minimum atomic E-state index is 0.393. The third-order valence-electron chi connectivity index (χ3n) is 2.81. The van der Waals surface area contributed by atoms with Gasteiger partial charge in [-0.2, -0.15) is 0 Å². The summed E-state index contributed by atoms with van der Waals surface area (Å²) < 4.78 is 5.32. The van der Waals surface area contributed by atoms with Crippen LogP contribution >= 0.6 is 0 Å². The maximum Gasteiger partial charge on any atom is 0.105 e. The SMILES string of the molecule is CC(Cc1ccco1)NCCc1ccc(N)cn1. The Kier molecular flexibility index (Phi) is 4.36. The molecule has 0 aliphatic rings. The average molecular weight is 245 g/mol. The van der Waals surface area contributed by atoms with Crippen LogP contribution in [0, 0.1) is 0 Å². The Bertz CT molecular complexity index is 450. The van der Waals surface area contributed by atoms with Crippen molar-refractivity contribution in [2.75, 3.05) is 12.3 Å². The van der Waals surface area contributed by atoms with Crippen LogP contribution in [0.25, 0.3) is 0 Å². The highest BCUT2D eigenvalue weighted by molar-refractivity contribution is 5.34. The number of anilines is 1. The van der Waals surface area contributed by atoms with E-state index in [2.05, 4.69) is 17.2 Å². The molecule has 3 N–H and O–H groups in total. The average Bonchev–Trinajstić information content (AvgIpc) is 2.84. The normalized spacial score (nSPS) is 12.5. The van der Waals surface area contributed by atoms with Crippen molar-refractivity contribution in [3.8, 4) is 0 Å². The van der Waals surface area contributed by atoms with Crippen LogP contribution in [0.3, 0.4) is 0 Å². The van der Waals surface area contributed by atoms with E-state index in [1.807, 2.05) is 24.3 Å². The maximum atomic E-state index is 5.59. The van der Waals surface area contributed by atoms with E-state index in [9.17, 15) is 0 Å². The van der Waals surface area contributed by atoms with E-state index in [1.165, 1.54) is 0 Å². The van der Waals surface area contributed by atoms with E-state index in [1.54, 1.807) is 12.5 Å². The van der Waals surface area contributed by atoms with Crippen LogP contribution in [-0.4, -0.2) is 17.6 Å². The summed E-state index contributed by atoms with van der Waals surface area (Å²) in [5.41, 5.74) is 7.35. The topological polar surface area (TPSA) is 64.1 Å². The smallest absolute Gasteiger partial charge is 0.105 e. The van der Waals surface area contributed by atoms with Crippen LogP contribution < -0.4 is 11.1 Å². The standard InChI is InChI=1S/C14H19N3O/c1-11(9-14-3-2-8-18-14)16-7-6-13-5-4-12(15)10-17-13/h2-5,8,10-11,16H,6-7,9,15H2,1H3. The number of rotatable bonds is 6. The monoisotopic (exact) mass is 245 g/mol. The summed E-state index contributed by atoms with van der Waals surface area (Å²) in [6, 6.07) is 8.16. The summed E-state index contributed by atoms with van der Waals surface area (Å²) in [6.07, 6.45) is 5.22. The molecule has 0 saturated heterocycles. The second-order valence-corrected chi connectivity index (χ2v) is 4.47. The fourth-order valence-corrected chi connectivity index (χ4v) is 1.83. The first-order valence-corrected chi connectivity index (χ1v) is 6.20. The Morgan fingerprint density at radius 3 is 2.94 bits per heavy atom. The third-order valence-corrected chi connectivity index (χ3v) is 2.81. The lowest BCUT2D eigenvalue weighted by Crippen LogP contribution is -2.30. The van der Waals surface area contributed by atoms with Gasteiger partial charge in [-0.15, -0.1) is 0 Å². The molecule has 2 heterocycles. The van der Waals surface area contributed by atoms with E-state index in [0.717, 1.165) is 30.8 Å². The first kappa shape index (κ1) is 12.6. The summed E-state index contributed by atoms with van der Waals surface area (Å²) in [5.74, 6) is 1.01. The van der Waals surface area contributed by atoms with Gasteiger partial charge in [0.1, 0.15) is 5.76 Å². The van der Waals surface area contributed by atoms with Crippen molar-refractivity contribution in [1.82, 2.24) is 10.3 Å². The molecule has 0 amide bonds. The predicted octanol–water partition coefficient (Wildman–Crippen LogP) is 2.02. The van der Waals surface area contributed by atoms with Crippen LogP contribution in [0.1, 0.15) is 18.4 Å². The Labute approximate surface area is 107 Å². The summed E-state index contributed by atoms with van der Waals surface area (Å²) >= 11 is 0. The third kappa shape index (κ3) is 3.89. The van der Waals surface area contributed by atoms with Crippen LogP contribution in [0.15, 0.2) is 41.1 Å². The van der Waals surface area contributed by atoms with Gasteiger partial charge in [0.25, 0.3) is 0 Å². The van der Waals surface area contributed by atoms with Gasteiger partial charge < -0.3 is 15.5 Å². The molecular weight excluding hydrogens is 226 g/mol. The van der Waals surface area contributed by atoms with Crippen molar-refractivity contribution in [3.63, 3.8) is 0 Å². The van der Waals surface area contributed by atoms with E-state index in [4.69, 9.17) is 10.2 Å². The first-order valence-electron chi connectivity index (χ1n) is 6.20. The number of pyridine rings is 1. The summed E-state index contributed by atoms with van der Waals surface area (Å²) in [7, 11) is 0. The molecular formula is C14H19N3O. The van der Waals surface area contributed by atoms with Gasteiger partial charge in [-0.05, 0) is 31.2 Å². The van der Waals surface area contributed by atoms with Crippen molar-refractivity contribution in [3.05, 3.63) is 48.2 Å². The van der Waals surface area contributed by atoms with Gasteiger partial charge in [-0.25, -0.2) is 0 Å². The van der Waals surface area contributed by atoms with Crippen LogP contribution in [0.2, 0.25) is 0 Å². The summed E-state index contributed by atoms with van der Waals surface area (Å²) in [6.45, 7) is 3.05. The second kappa shape index (κ2) is 6.21. The van der Waals surface area contributed by atoms with Crippen molar-refractivity contribution in [1.29, 1.82) is 0 Å². The number of hydrogen-bond donors (Lipinski definition) is 2. The van der Waals surface area contributed by atoms with Gasteiger partial charge in [0.2, 0.25) is 0 Å². The molecule has 2 aromatic rings. The summed E-state index contributed by atoms with van der Waals surface area (Å²) in [4.78, 5) is 4.27. The van der Waals surface area contributed by atoms with Crippen molar-refractivity contribution < 1.29 is 4.42 Å². The van der Waals surface area contributed by atoms with E-state index in [0.29, 0.717) is 11.7 Å². The number of nitrogens with zero attached hydrogens (tertiary/aromatic N) is 1. The van der Waals surface area contributed by atoms with Crippen LogP contribution in [-0.2, 0) is 12.8 Å². The fraction of sp³-hybridized carbons (Fsp3) is 0.357. The largest absolute Gasteiger partial charge is 0.469 e. The molecule has 2 rings (SSSR count). The number of nitrogens with two attached hydrogens (primary N) is 1. The van der Waals surface area contributed by atoms with E-state index >= 15 is 0 Å². The number of aromatic nitrogens is 1. The number of hydrogen-bond acceptors (Lipinski definition) is 4. The maximum absolute atomic E-state index is 5.59. The zero-order valence-electron chi connectivity index (χ0n) is 10.6. The number of nitrogen functional groups attached to an aromatic ring is 1.